The van der Waals surface area contributed by atoms with E-state index in [2.05, 4.69) is 66.4 Å². The zero-order valence-corrected chi connectivity index (χ0v) is 13.4. The predicted molar refractivity (Wildman–Crippen MR) is 88.8 cm³/mol. The molecular weight excluding hydrogens is 258 g/mol. The number of nitrogens with one attached hydrogen (secondary N) is 1. The van der Waals surface area contributed by atoms with Crippen molar-refractivity contribution in [3.8, 4) is 0 Å². The summed E-state index contributed by atoms with van der Waals surface area (Å²) in [5, 5.41) is 3.43. The molecule has 3 nitrogen and oxygen atoms in total. The predicted octanol–water partition coefficient (Wildman–Crippen LogP) is 4.51. The van der Waals surface area contributed by atoms with Gasteiger partial charge in [-0.2, -0.15) is 0 Å². The van der Waals surface area contributed by atoms with E-state index in [9.17, 15) is 0 Å². The van der Waals surface area contributed by atoms with Crippen LogP contribution in [0.3, 0.4) is 0 Å². The summed E-state index contributed by atoms with van der Waals surface area (Å²) in [6, 6.07) is 12.7. The van der Waals surface area contributed by atoms with Crippen molar-refractivity contribution < 1.29 is 0 Å². The lowest BCUT2D eigenvalue weighted by molar-refractivity contribution is 0.702. The standard InChI is InChI=1S/C18H25N3/c1-13(2)18-20-15(4)12-17(21-18)19-11-10-14(3)16-8-6-5-7-9-16/h5-9,12-14H,10-11H2,1-4H3,(H,19,20,21). The highest BCUT2D eigenvalue weighted by atomic mass is 15.0. The minimum absolute atomic E-state index is 0.355. The summed E-state index contributed by atoms with van der Waals surface area (Å²) in [7, 11) is 0. The molecule has 2 aromatic rings. The van der Waals surface area contributed by atoms with Crippen LogP contribution in [-0.4, -0.2) is 16.5 Å². The molecule has 1 aromatic carbocycles. The van der Waals surface area contributed by atoms with Crippen LogP contribution in [0, 0.1) is 6.92 Å². The molecule has 0 aliphatic heterocycles. The molecule has 21 heavy (non-hydrogen) atoms. The summed E-state index contributed by atoms with van der Waals surface area (Å²) in [6.07, 6.45) is 1.09. The molecule has 0 bridgehead atoms. The minimum Gasteiger partial charge on any atom is -0.370 e. The number of hydrogen-bond donors (Lipinski definition) is 1. The van der Waals surface area contributed by atoms with Crippen LogP contribution < -0.4 is 5.32 Å². The molecule has 112 valence electrons. The van der Waals surface area contributed by atoms with Crippen LogP contribution in [0.25, 0.3) is 0 Å². The number of aromatic nitrogens is 2. The zero-order valence-electron chi connectivity index (χ0n) is 13.4. The largest absolute Gasteiger partial charge is 0.370 e. The van der Waals surface area contributed by atoms with E-state index in [-0.39, 0.29) is 0 Å². The van der Waals surface area contributed by atoms with Crippen LogP contribution in [0.4, 0.5) is 5.82 Å². The van der Waals surface area contributed by atoms with Crippen LogP contribution in [0.1, 0.15) is 56.1 Å². The summed E-state index contributed by atoms with van der Waals surface area (Å²) in [5.41, 5.74) is 2.41. The van der Waals surface area contributed by atoms with Crippen molar-refractivity contribution in [1.29, 1.82) is 0 Å². The van der Waals surface area contributed by atoms with Crippen LogP contribution in [0.2, 0.25) is 0 Å². The van der Waals surface area contributed by atoms with Gasteiger partial charge in [-0.05, 0) is 24.8 Å². The van der Waals surface area contributed by atoms with Gasteiger partial charge < -0.3 is 5.32 Å². The normalized spacial score (nSPS) is 12.4. The van der Waals surface area contributed by atoms with Gasteiger partial charge in [0, 0.05) is 24.2 Å². The molecule has 3 heteroatoms. The van der Waals surface area contributed by atoms with E-state index in [1.165, 1.54) is 5.56 Å². The summed E-state index contributed by atoms with van der Waals surface area (Å²) < 4.78 is 0. The Labute approximate surface area is 127 Å². The Morgan fingerprint density at radius 1 is 1.05 bits per heavy atom. The third-order valence-corrected chi connectivity index (χ3v) is 3.64. The van der Waals surface area contributed by atoms with E-state index >= 15 is 0 Å². The summed E-state index contributed by atoms with van der Waals surface area (Å²) in [4.78, 5) is 9.05. The van der Waals surface area contributed by atoms with Crippen molar-refractivity contribution in [3.63, 3.8) is 0 Å². The Balaban J connectivity index is 1.91. The van der Waals surface area contributed by atoms with Gasteiger partial charge in [0.05, 0.1) is 0 Å². The minimum atomic E-state index is 0.355. The van der Waals surface area contributed by atoms with E-state index in [1.54, 1.807) is 0 Å². The molecule has 0 fully saturated rings. The van der Waals surface area contributed by atoms with Crippen molar-refractivity contribution in [3.05, 3.63) is 53.5 Å². The number of rotatable bonds is 6. The van der Waals surface area contributed by atoms with Gasteiger partial charge in [-0.3, -0.25) is 0 Å². The van der Waals surface area contributed by atoms with Gasteiger partial charge in [-0.25, -0.2) is 9.97 Å². The Morgan fingerprint density at radius 2 is 1.76 bits per heavy atom. The van der Waals surface area contributed by atoms with Crippen molar-refractivity contribution in [2.75, 3.05) is 11.9 Å². The Morgan fingerprint density at radius 3 is 2.43 bits per heavy atom. The Hall–Kier alpha value is -1.90. The van der Waals surface area contributed by atoms with Gasteiger partial charge in [0.1, 0.15) is 11.6 Å². The van der Waals surface area contributed by atoms with Crippen LogP contribution >= 0.6 is 0 Å². The number of hydrogen-bond acceptors (Lipinski definition) is 3. The second kappa shape index (κ2) is 7.21. The molecule has 0 aliphatic rings. The summed E-state index contributed by atoms with van der Waals surface area (Å²) in [5.74, 6) is 2.75. The molecule has 1 N–H and O–H groups in total. The molecular formula is C18H25N3. The number of aryl methyl sites for hydroxylation is 1. The molecule has 0 amide bonds. The monoisotopic (exact) mass is 283 g/mol. The van der Waals surface area contributed by atoms with E-state index in [0.29, 0.717) is 11.8 Å². The quantitative estimate of drug-likeness (QED) is 0.847. The lowest BCUT2D eigenvalue weighted by atomic mass is 9.98. The first-order valence-electron chi connectivity index (χ1n) is 7.70. The third-order valence-electron chi connectivity index (χ3n) is 3.64. The molecule has 0 radical (unpaired) electrons. The Bertz CT molecular complexity index is 564. The van der Waals surface area contributed by atoms with E-state index in [4.69, 9.17) is 0 Å². The van der Waals surface area contributed by atoms with Crippen LogP contribution in [0.5, 0.6) is 0 Å². The van der Waals surface area contributed by atoms with Gasteiger partial charge in [0.25, 0.3) is 0 Å². The molecule has 1 heterocycles. The second-order valence-electron chi connectivity index (χ2n) is 5.93. The maximum Gasteiger partial charge on any atom is 0.133 e. The Kier molecular flexibility index (Phi) is 5.32. The van der Waals surface area contributed by atoms with E-state index < -0.39 is 0 Å². The zero-order chi connectivity index (χ0) is 15.2. The lowest BCUT2D eigenvalue weighted by Gasteiger charge is -2.14. The fraction of sp³-hybridized carbons (Fsp3) is 0.444. The molecule has 1 atom stereocenters. The summed E-state index contributed by atoms with van der Waals surface area (Å²) in [6.45, 7) is 9.45. The van der Waals surface area contributed by atoms with Gasteiger partial charge in [0.15, 0.2) is 0 Å². The van der Waals surface area contributed by atoms with Crippen molar-refractivity contribution in [2.45, 2.75) is 46.0 Å². The molecule has 0 spiro atoms. The SMILES string of the molecule is Cc1cc(NCCC(C)c2ccccc2)nc(C(C)C)n1. The van der Waals surface area contributed by atoms with Gasteiger partial charge >= 0.3 is 0 Å². The highest BCUT2D eigenvalue weighted by molar-refractivity contribution is 5.36. The molecule has 0 saturated heterocycles. The number of nitrogens with zero attached hydrogens (tertiary/aromatic N) is 2. The highest BCUT2D eigenvalue weighted by Crippen LogP contribution is 2.19. The first-order valence-corrected chi connectivity index (χ1v) is 7.70. The second-order valence-corrected chi connectivity index (χ2v) is 5.93. The average Bonchev–Trinajstić information content (AvgIpc) is 2.47. The number of benzene rings is 1. The topological polar surface area (TPSA) is 37.8 Å². The molecule has 1 aromatic heterocycles. The average molecular weight is 283 g/mol. The van der Waals surface area contributed by atoms with Crippen LogP contribution in [-0.2, 0) is 0 Å². The van der Waals surface area contributed by atoms with Gasteiger partial charge in [-0.1, -0.05) is 51.1 Å². The summed E-state index contributed by atoms with van der Waals surface area (Å²) >= 11 is 0. The molecule has 0 saturated carbocycles. The maximum atomic E-state index is 4.58. The number of anilines is 1. The van der Waals surface area contributed by atoms with Crippen molar-refractivity contribution in [2.24, 2.45) is 0 Å². The molecule has 1 unspecified atom stereocenters. The fourth-order valence-electron chi connectivity index (χ4n) is 2.31. The maximum absolute atomic E-state index is 4.58. The van der Waals surface area contributed by atoms with Crippen molar-refractivity contribution >= 4 is 5.82 Å². The smallest absolute Gasteiger partial charge is 0.133 e. The lowest BCUT2D eigenvalue weighted by Crippen LogP contribution is -2.09. The third kappa shape index (κ3) is 4.55. The van der Waals surface area contributed by atoms with Crippen LogP contribution in [0.15, 0.2) is 36.4 Å². The van der Waals surface area contributed by atoms with Gasteiger partial charge in [0.2, 0.25) is 0 Å². The fourth-order valence-corrected chi connectivity index (χ4v) is 2.31. The van der Waals surface area contributed by atoms with E-state index in [1.807, 2.05) is 13.0 Å². The molecule has 2 rings (SSSR count). The van der Waals surface area contributed by atoms with E-state index in [0.717, 1.165) is 30.3 Å². The van der Waals surface area contributed by atoms with Gasteiger partial charge in [-0.15, -0.1) is 0 Å². The van der Waals surface area contributed by atoms with Crippen molar-refractivity contribution in [1.82, 2.24) is 9.97 Å². The molecule has 0 aliphatic carbocycles. The highest BCUT2D eigenvalue weighted by Gasteiger charge is 2.07. The first-order chi connectivity index (χ1) is 10.1. The first kappa shape index (κ1) is 15.5.